The Kier molecular flexibility index (Phi) is 5.21. The molecule has 98 valence electrons. The number of ether oxygens (including phenoxy) is 2. The van der Waals surface area contributed by atoms with Crippen LogP contribution in [-0.2, 0) is 4.74 Å². The lowest BCUT2D eigenvalue weighted by Crippen LogP contribution is -2.13. The summed E-state index contributed by atoms with van der Waals surface area (Å²) in [6.07, 6.45) is 0.370. The number of esters is 1. The van der Waals surface area contributed by atoms with Gasteiger partial charge in [-0.25, -0.2) is 4.79 Å². The normalized spacial score (nSPS) is 10.3. The topological polar surface area (TPSA) is 52.6 Å². The number of aldehydes is 1. The highest BCUT2D eigenvalue weighted by Gasteiger charge is 2.22. The van der Waals surface area contributed by atoms with E-state index in [9.17, 15) is 18.4 Å². The molecular formula is C11H9BrF2O4. The molecule has 7 heteroatoms. The van der Waals surface area contributed by atoms with E-state index in [1.165, 1.54) is 12.1 Å². The quantitative estimate of drug-likeness (QED) is 0.617. The maximum Gasteiger partial charge on any atom is 0.387 e. The summed E-state index contributed by atoms with van der Waals surface area (Å²) in [6, 6.07) is 2.49. The van der Waals surface area contributed by atoms with Gasteiger partial charge in [0.15, 0.2) is 6.29 Å². The number of carbonyl (C=O) groups excluding carboxylic acids is 2. The van der Waals surface area contributed by atoms with Crippen LogP contribution in [0.3, 0.4) is 0 Å². The number of rotatable bonds is 5. The highest BCUT2D eigenvalue weighted by atomic mass is 79.9. The van der Waals surface area contributed by atoms with E-state index in [4.69, 9.17) is 4.74 Å². The number of hydrogen-bond acceptors (Lipinski definition) is 4. The fourth-order valence-corrected chi connectivity index (χ4v) is 1.76. The van der Waals surface area contributed by atoms with Gasteiger partial charge in [0.2, 0.25) is 0 Å². The molecule has 4 nitrogen and oxygen atoms in total. The van der Waals surface area contributed by atoms with E-state index in [0.717, 1.165) is 0 Å². The Morgan fingerprint density at radius 1 is 1.50 bits per heavy atom. The summed E-state index contributed by atoms with van der Waals surface area (Å²) in [6.45, 7) is -1.49. The molecule has 1 rings (SSSR count). The van der Waals surface area contributed by atoms with E-state index in [1.807, 2.05) is 0 Å². The van der Waals surface area contributed by atoms with Crippen LogP contribution in [0, 0.1) is 0 Å². The van der Waals surface area contributed by atoms with Gasteiger partial charge in [0.25, 0.3) is 0 Å². The van der Waals surface area contributed by atoms with Crippen LogP contribution in [0.4, 0.5) is 8.78 Å². The monoisotopic (exact) mass is 322 g/mol. The van der Waals surface area contributed by atoms with Crippen molar-refractivity contribution in [2.24, 2.45) is 0 Å². The van der Waals surface area contributed by atoms with E-state index in [1.54, 1.807) is 6.92 Å². The summed E-state index contributed by atoms with van der Waals surface area (Å²) >= 11 is 3.03. The zero-order chi connectivity index (χ0) is 13.7. The van der Waals surface area contributed by atoms with Crippen molar-refractivity contribution in [2.45, 2.75) is 13.5 Å². The molecule has 0 bridgehead atoms. The molecule has 0 saturated heterocycles. The van der Waals surface area contributed by atoms with Gasteiger partial charge in [-0.15, -0.1) is 0 Å². The highest BCUT2D eigenvalue weighted by Crippen LogP contribution is 2.29. The van der Waals surface area contributed by atoms with E-state index < -0.39 is 18.3 Å². The van der Waals surface area contributed by atoms with Gasteiger partial charge in [0, 0.05) is 10.0 Å². The first-order chi connectivity index (χ1) is 8.49. The van der Waals surface area contributed by atoms with Crippen molar-refractivity contribution in [3.63, 3.8) is 0 Å². The molecule has 0 aliphatic heterocycles. The minimum absolute atomic E-state index is 0.0569. The summed E-state index contributed by atoms with van der Waals surface area (Å²) in [4.78, 5) is 22.5. The van der Waals surface area contributed by atoms with Gasteiger partial charge in [-0.2, -0.15) is 8.78 Å². The zero-order valence-corrected chi connectivity index (χ0v) is 10.9. The molecule has 0 radical (unpaired) electrons. The molecule has 0 heterocycles. The second-order valence-corrected chi connectivity index (χ2v) is 4.00. The van der Waals surface area contributed by atoms with Crippen LogP contribution in [0.1, 0.15) is 27.6 Å². The van der Waals surface area contributed by atoms with E-state index in [2.05, 4.69) is 20.7 Å². The van der Waals surface area contributed by atoms with E-state index in [0.29, 0.717) is 10.8 Å². The lowest BCUT2D eigenvalue weighted by Gasteiger charge is -2.12. The van der Waals surface area contributed by atoms with Crippen molar-refractivity contribution >= 4 is 28.2 Å². The molecule has 1 aromatic carbocycles. The smallest absolute Gasteiger partial charge is 0.387 e. The molecule has 0 aliphatic rings. The summed E-state index contributed by atoms with van der Waals surface area (Å²) in [5, 5.41) is 0. The SMILES string of the molecule is CCOC(=O)c1c(C=O)cc(Br)cc1OC(F)F. The van der Waals surface area contributed by atoms with Gasteiger partial charge >= 0.3 is 12.6 Å². The van der Waals surface area contributed by atoms with Crippen molar-refractivity contribution in [1.29, 1.82) is 0 Å². The lowest BCUT2D eigenvalue weighted by atomic mass is 10.1. The largest absolute Gasteiger partial charge is 0.462 e. The molecule has 18 heavy (non-hydrogen) atoms. The number of alkyl halides is 2. The number of carbonyl (C=O) groups is 2. The van der Waals surface area contributed by atoms with Gasteiger partial charge in [0.05, 0.1) is 6.61 Å². The fourth-order valence-electron chi connectivity index (χ4n) is 1.31. The highest BCUT2D eigenvalue weighted by molar-refractivity contribution is 9.10. The second kappa shape index (κ2) is 6.44. The Bertz CT molecular complexity index is 463. The zero-order valence-electron chi connectivity index (χ0n) is 9.28. The van der Waals surface area contributed by atoms with Crippen LogP contribution in [-0.4, -0.2) is 25.5 Å². The summed E-state index contributed by atoms with van der Waals surface area (Å²) in [7, 11) is 0. The molecule has 0 amide bonds. The van der Waals surface area contributed by atoms with Crippen LogP contribution in [0.25, 0.3) is 0 Å². The standard InChI is InChI=1S/C11H9BrF2O4/c1-2-17-10(16)9-6(5-15)3-7(12)4-8(9)18-11(13)14/h3-5,11H,2H2,1H3. The third kappa shape index (κ3) is 3.49. The Morgan fingerprint density at radius 2 is 2.17 bits per heavy atom. The van der Waals surface area contributed by atoms with E-state index in [-0.39, 0.29) is 17.7 Å². The average Bonchev–Trinajstić information content (AvgIpc) is 2.27. The number of halogens is 3. The van der Waals surface area contributed by atoms with Gasteiger partial charge in [-0.1, -0.05) is 15.9 Å². The summed E-state index contributed by atoms with van der Waals surface area (Å²) in [5.41, 5.74) is -0.395. The van der Waals surface area contributed by atoms with Crippen LogP contribution in [0.2, 0.25) is 0 Å². The molecule has 0 aliphatic carbocycles. The van der Waals surface area contributed by atoms with Crippen molar-refractivity contribution in [1.82, 2.24) is 0 Å². The van der Waals surface area contributed by atoms with Crippen molar-refractivity contribution in [3.05, 3.63) is 27.7 Å². The van der Waals surface area contributed by atoms with Gasteiger partial charge in [0.1, 0.15) is 11.3 Å². The van der Waals surface area contributed by atoms with Crippen molar-refractivity contribution in [2.75, 3.05) is 6.61 Å². The first-order valence-corrected chi connectivity index (χ1v) is 5.69. The molecule has 0 N–H and O–H groups in total. The van der Waals surface area contributed by atoms with Crippen LogP contribution >= 0.6 is 15.9 Å². The Labute approximate surface area is 110 Å². The predicted octanol–water partition coefficient (Wildman–Crippen LogP) is 3.04. The molecule has 0 fully saturated rings. The summed E-state index contributed by atoms with van der Waals surface area (Å²) < 4.78 is 33.7. The van der Waals surface area contributed by atoms with Gasteiger partial charge in [-0.05, 0) is 19.1 Å². The molecule has 0 unspecified atom stereocenters. The lowest BCUT2D eigenvalue weighted by molar-refractivity contribution is -0.0505. The fraction of sp³-hybridized carbons (Fsp3) is 0.273. The Hall–Kier alpha value is -1.50. The third-order valence-electron chi connectivity index (χ3n) is 1.92. The van der Waals surface area contributed by atoms with Gasteiger partial charge in [-0.3, -0.25) is 4.79 Å². The molecule has 0 saturated carbocycles. The first-order valence-electron chi connectivity index (χ1n) is 4.90. The Morgan fingerprint density at radius 3 is 2.67 bits per heavy atom. The maximum atomic E-state index is 12.2. The van der Waals surface area contributed by atoms with Crippen LogP contribution < -0.4 is 4.74 Å². The van der Waals surface area contributed by atoms with Crippen molar-refractivity contribution < 1.29 is 27.8 Å². The molecule has 1 aromatic rings. The minimum atomic E-state index is -3.10. The van der Waals surface area contributed by atoms with Crippen LogP contribution in [0.15, 0.2) is 16.6 Å². The third-order valence-corrected chi connectivity index (χ3v) is 2.38. The molecule has 0 spiro atoms. The second-order valence-electron chi connectivity index (χ2n) is 3.08. The predicted molar refractivity (Wildman–Crippen MR) is 62.1 cm³/mol. The molecular weight excluding hydrogens is 314 g/mol. The summed E-state index contributed by atoms with van der Waals surface area (Å²) in [5.74, 6) is -1.29. The maximum absolute atomic E-state index is 12.2. The average molecular weight is 323 g/mol. The molecule has 0 aromatic heterocycles. The Balaban J connectivity index is 3.32. The van der Waals surface area contributed by atoms with Gasteiger partial charge < -0.3 is 9.47 Å². The van der Waals surface area contributed by atoms with E-state index >= 15 is 0 Å². The minimum Gasteiger partial charge on any atom is -0.462 e. The van der Waals surface area contributed by atoms with Crippen LogP contribution in [0.5, 0.6) is 5.75 Å². The molecule has 0 atom stereocenters. The number of hydrogen-bond donors (Lipinski definition) is 0. The number of benzene rings is 1. The first kappa shape index (κ1) is 14.6. The van der Waals surface area contributed by atoms with Crippen molar-refractivity contribution in [3.8, 4) is 5.75 Å².